The maximum atomic E-state index is 11.9. The molecule has 30 heavy (non-hydrogen) atoms. The Morgan fingerprint density at radius 2 is 2.03 bits per heavy atom. The van der Waals surface area contributed by atoms with Crippen LogP contribution in [0, 0.1) is 0 Å². The highest BCUT2D eigenvalue weighted by atomic mass is 16.5. The van der Waals surface area contributed by atoms with Crippen molar-refractivity contribution in [1.82, 2.24) is 15.0 Å². The van der Waals surface area contributed by atoms with Crippen molar-refractivity contribution in [3.8, 4) is 17.0 Å². The Kier molecular flexibility index (Phi) is 7.12. The lowest BCUT2D eigenvalue weighted by molar-refractivity contribution is 0.0597. The maximum absolute atomic E-state index is 11.9. The molecule has 3 N–H and O–H groups in total. The number of esters is 1. The van der Waals surface area contributed by atoms with Crippen LogP contribution in [-0.2, 0) is 4.74 Å². The molecule has 0 bridgehead atoms. The fraction of sp³-hybridized carbons (Fsp3) is 0.238. The van der Waals surface area contributed by atoms with E-state index in [0.29, 0.717) is 47.4 Å². The van der Waals surface area contributed by atoms with E-state index in [1.165, 1.54) is 14.2 Å². The lowest BCUT2D eigenvalue weighted by atomic mass is 10.1. The number of aliphatic hydroxyl groups is 1. The topological polar surface area (TPSA) is 118 Å². The van der Waals surface area contributed by atoms with Gasteiger partial charge in [0.15, 0.2) is 0 Å². The lowest BCUT2D eigenvalue weighted by Crippen LogP contribution is -2.09. The summed E-state index contributed by atoms with van der Waals surface area (Å²) >= 11 is 0. The molecule has 0 aliphatic heterocycles. The predicted molar refractivity (Wildman–Crippen MR) is 113 cm³/mol. The molecule has 0 unspecified atom stereocenters. The van der Waals surface area contributed by atoms with Gasteiger partial charge in [0.25, 0.3) is 0 Å². The third kappa shape index (κ3) is 5.21. The number of methoxy groups -OCH3 is 2. The molecule has 0 aliphatic rings. The molecule has 0 saturated heterocycles. The number of carbonyl (C=O) groups excluding carboxylic acids is 1. The highest BCUT2D eigenvalue weighted by molar-refractivity contribution is 5.93. The number of aliphatic hydroxyl groups excluding tert-OH is 1. The van der Waals surface area contributed by atoms with E-state index in [0.717, 1.165) is 5.56 Å². The summed E-state index contributed by atoms with van der Waals surface area (Å²) in [5.74, 6) is 0.873. The Labute approximate surface area is 174 Å². The van der Waals surface area contributed by atoms with Gasteiger partial charge in [-0.05, 0) is 30.7 Å². The van der Waals surface area contributed by atoms with Gasteiger partial charge in [0.2, 0.25) is 5.95 Å². The van der Waals surface area contributed by atoms with E-state index in [4.69, 9.17) is 14.6 Å². The normalized spacial score (nSPS) is 10.4. The summed E-state index contributed by atoms with van der Waals surface area (Å²) in [5.41, 5.74) is 2.53. The summed E-state index contributed by atoms with van der Waals surface area (Å²) in [6, 6.07) is 10.6. The smallest absolute Gasteiger partial charge is 0.341 e. The van der Waals surface area contributed by atoms with E-state index in [-0.39, 0.29) is 6.61 Å². The summed E-state index contributed by atoms with van der Waals surface area (Å²) < 4.78 is 10.1. The van der Waals surface area contributed by atoms with Crippen LogP contribution in [0.3, 0.4) is 0 Å². The highest BCUT2D eigenvalue weighted by Gasteiger charge is 2.14. The van der Waals surface area contributed by atoms with Gasteiger partial charge in [-0.15, -0.1) is 0 Å². The van der Waals surface area contributed by atoms with Gasteiger partial charge in [0.1, 0.15) is 17.1 Å². The number of nitrogens with one attached hydrogen (secondary N) is 2. The second-order valence-electron chi connectivity index (χ2n) is 6.24. The van der Waals surface area contributed by atoms with Gasteiger partial charge in [0, 0.05) is 48.9 Å². The Morgan fingerprint density at radius 1 is 1.17 bits per heavy atom. The zero-order valence-corrected chi connectivity index (χ0v) is 16.8. The number of hydrogen-bond acceptors (Lipinski definition) is 9. The van der Waals surface area contributed by atoms with E-state index < -0.39 is 5.97 Å². The van der Waals surface area contributed by atoms with Crippen molar-refractivity contribution in [3.63, 3.8) is 0 Å². The van der Waals surface area contributed by atoms with Gasteiger partial charge < -0.3 is 25.2 Å². The van der Waals surface area contributed by atoms with Crippen LogP contribution in [-0.4, -0.2) is 53.4 Å². The number of nitrogens with zero attached hydrogens (tertiary/aromatic N) is 3. The van der Waals surface area contributed by atoms with Crippen LogP contribution in [0.1, 0.15) is 16.8 Å². The summed E-state index contributed by atoms with van der Waals surface area (Å²) in [5, 5.41) is 15.3. The maximum Gasteiger partial charge on any atom is 0.341 e. The zero-order valence-electron chi connectivity index (χ0n) is 16.8. The number of pyridine rings is 1. The molecular formula is C21H23N5O4. The molecule has 9 nitrogen and oxygen atoms in total. The fourth-order valence-electron chi connectivity index (χ4n) is 2.73. The quantitative estimate of drug-likeness (QED) is 0.362. The van der Waals surface area contributed by atoms with Crippen LogP contribution in [0.25, 0.3) is 11.3 Å². The molecule has 156 valence electrons. The van der Waals surface area contributed by atoms with Crippen LogP contribution in [0.4, 0.5) is 17.5 Å². The Morgan fingerprint density at radius 3 is 2.73 bits per heavy atom. The second-order valence-corrected chi connectivity index (χ2v) is 6.24. The van der Waals surface area contributed by atoms with Gasteiger partial charge in [-0.3, -0.25) is 4.98 Å². The van der Waals surface area contributed by atoms with Crippen molar-refractivity contribution >= 4 is 23.4 Å². The van der Waals surface area contributed by atoms with Crippen LogP contribution < -0.4 is 15.4 Å². The molecule has 2 heterocycles. The molecule has 3 rings (SSSR count). The molecule has 1 aromatic carbocycles. The van der Waals surface area contributed by atoms with Crippen molar-refractivity contribution in [2.45, 2.75) is 6.42 Å². The van der Waals surface area contributed by atoms with E-state index in [9.17, 15) is 4.79 Å². The first-order valence-corrected chi connectivity index (χ1v) is 9.32. The fourth-order valence-corrected chi connectivity index (χ4v) is 2.73. The summed E-state index contributed by atoms with van der Waals surface area (Å²) in [4.78, 5) is 25.0. The summed E-state index contributed by atoms with van der Waals surface area (Å²) in [6.07, 6.45) is 3.99. The third-order valence-corrected chi connectivity index (χ3v) is 4.18. The Bertz CT molecular complexity index is 998. The number of aromatic nitrogens is 3. The van der Waals surface area contributed by atoms with Gasteiger partial charge in [-0.1, -0.05) is 0 Å². The molecule has 0 amide bonds. The van der Waals surface area contributed by atoms with Crippen molar-refractivity contribution in [2.75, 3.05) is 38.0 Å². The first-order valence-electron chi connectivity index (χ1n) is 9.32. The molecular weight excluding hydrogens is 386 g/mol. The molecule has 0 spiro atoms. The molecule has 3 aromatic rings. The minimum atomic E-state index is -0.477. The van der Waals surface area contributed by atoms with Crippen LogP contribution in [0.15, 0.2) is 48.8 Å². The minimum absolute atomic E-state index is 0.0761. The second kappa shape index (κ2) is 10.2. The number of carbonyl (C=O) groups is 1. The molecule has 0 radical (unpaired) electrons. The summed E-state index contributed by atoms with van der Waals surface area (Å²) in [6.45, 7) is 0.612. The number of anilines is 3. The van der Waals surface area contributed by atoms with Crippen LogP contribution >= 0.6 is 0 Å². The van der Waals surface area contributed by atoms with Crippen molar-refractivity contribution in [2.24, 2.45) is 0 Å². The van der Waals surface area contributed by atoms with Crippen LogP contribution in [0.5, 0.6) is 5.75 Å². The standard InChI is InChI=1S/C21H23N5O4/c1-29-18-11-15(6-7-16(18)20(28)30-2)24-19-12-17(14-5-3-8-22-13-14)25-21(26-19)23-9-4-10-27/h3,5-8,11-13,27H,4,9-10H2,1-2H3,(H2,23,24,25,26). The Hall–Kier alpha value is -3.72. The number of ether oxygens (including phenoxy) is 2. The van der Waals surface area contributed by atoms with E-state index >= 15 is 0 Å². The average Bonchev–Trinajstić information content (AvgIpc) is 2.79. The Balaban J connectivity index is 1.92. The van der Waals surface area contributed by atoms with Gasteiger partial charge in [-0.25, -0.2) is 9.78 Å². The largest absolute Gasteiger partial charge is 0.496 e. The molecule has 0 aliphatic carbocycles. The minimum Gasteiger partial charge on any atom is -0.496 e. The van der Waals surface area contributed by atoms with Gasteiger partial charge in [-0.2, -0.15) is 4.98 Å². The molecule has 0 fully saturated rings. The van der Waals surface area contributed by atoms with E-state index in [1.54, 1.807) is 36.7 Å². The number of hydrogen-bond donors (Lipinski definition) is 3. The lowest BCUT2D eigenvalue weighted by Gasteiger charge is -2.13. The molecule has 2 aromatic heterocycles. The molecule has 0 atom stereocenters. The molecule has 0 saturated carbocycles. The van der Waals surface area contributed by atoms with Crippen molar-refractivity contribution in [3.05, 3.63) is 54.4 Å². The zero-order chi connectivity index (χ0) is 21.3. The van der Waals surface area contributed by atoms with E-state index in [2.05, 4.69) is 25.6 Å². The van der Waals surface area contributed by atoms with E-state index in [1.807, 2.05) is 12.1 Å². The monoisotopic (exact) mass is 409 g/mol. The molecule has 9 heteroatoms. The van der Waals surface area contributed by atoms with Gasteiger partial charge in [0.05, 0.1) is 19.9 Å². The first-order chi connectivity index (χ1) is 14.6. The number of benzene rings is 1. The number of rotatable bonds is 9. The highest BCUT2D eigenvalue weighted by Crippen LogP contribution is 2.27. The third-order valence-electron chi connectivity index (χ3n) is 4.18. The average molecular weight is 409 g/mol. The van der Waals surface area contributed by atoms with Gasteiger partial charge >= 0.3 is 5.97 Å². The van der Waals surface area contributed by atoms with Crippen LogP contribution in [0.2, 0.25) is 0 Å². The SMILES string of the molecule is COC(=O)c1ccc(Nc2cc(-c3cccnc3)nc(NCCCO)n2)cc1OC. The van der Waals surface area contributed by atoms with Crippen molar-refractivity contribution in [1.29, 1.82) is 0 Å². The van der Waals surface area contributed by atoms with Crippen molar-refractivity contribution < 1.29 is 19.4 Å². The predicted octanol–water partition coefficient (Wildman–Crippen LogP) is 2.87. The summed E-state index contributed by atoms with van der Waals surface area (Å²) in [7, 11) is 2.81. The first kappa shape index (κ1) is 21.0.